The first-order valence-corrected chi connectivity index (χ1v) is 9.50. The zero-order valence-corrected chi connectivity index (χ0v) is 15.5. The number of rotatable bonds is 8. The lowest BCUT2D eigenvalue weighted by atomic mass is 10.0. The van der Waals surface area contributed by atoms with Gasteiger partial charge in [0.2, 0.25) is 5.91 Å². The lowest BCUT2D eigenvalue weighted by Crippen LogP contribution is -2.48. The maximum Gasteiger partial charge on any atom is 0.317 e. The molecule has 1 N–H and O–H groups in total. The molecule has 2 aliphatic rings. The molecule has 1 aliphatic heterocycles. The van der Waals surface area contributed by atoms with Gasteiger partial charge in [0.15, 0.2) is 0 Å². The van der Waals surface area contributed by atoms with Crippen molar-refractivity contribution in [1.29, 1.82) is 0 Å². The molecule has 0 unspecified atom stereocenters. The van der Waals surface area contributed by atoms with E-state index < -0.39 is 5.97 Å². The number of hydrogen-bond donors (Lipinski definition) is 1. The van der Waals surface area contributed by atoms with Gasteiger partial charge in [-0.2, -0.15) is 0 Å². The number of hydrogen-bond acceptors (Lipinski definition) is 4. The standard InChI is InChI=1S/C20H29N3O3/c1-21(15-20(25)26)17-9-11-22(12-10-17)14-19(24)23(18-7-8-18)13-16-5-3-2-4-6-16/h2-6,17-18H,7-15H2,1H3,(H,25,26). The van der Waals surface area contributed by atoms with Crippen LogP contribution in [0.2, 0.25) is 0 Å². The molecule has 1 saturated heterocycles. The average molecular weight is 359 g/mol. The van der Waals surface area contributed by atoms with Gasteiger partial charge in [0, 0.05) is 31.7 Å². The number of carbonyl (C=O) groups is 2. The summed E-state index contributed by atoms with van der Waals surface area (Å²) in [6.07, 6.45) is 4.06. The molecule has 0 spiro atoms. The van der Waals surface area contributed by atoms with Crippen LogP contribution in [-0.2, 0) is 16.1 Å². The minimum absolute atomic E-state index is 0.0795. The number of carboxylic acids is 1. The summed E-state index contributed by atoms with van der Waals surface area (Å²) in [6.45, 7) is 2.95. The Kier molecular flexibility index (Phi) is 6.27. The molecule has 142 valence electrons. The van der Waals surface area contributed by atoms with Crippen molar-refractivity contribution in [2.24, 2.45) is 0 Å². The highest BCUT2D eigenvalue weighted by atomic mass is 16.4. The van der Waals surface area contributed by atoms with E-state index in [2.05, 4.69) is 17.0 Å². The van der Waals surface area contributed by atoms with Crippen LogP contribution in [-0.4, -0.2) is 77.0 Å². The average Bonchev–Trinajstić information content (AvgIpc) is 3.45. The van der Waals surface area contributed by atoms with Gasteiger partial charge in [-0.3, -0.25) is 19.4 Å². The molecule has 0 atom stereocenters. The summed E-state index contributed by atoms with van der Waals surface area (Å²) >= 11 is 0. The topological polar surface area (TPSA) is 64.1 Å². The third-order valence-electron chi connectivity index (χ3n) is 5.43. The van der Waals surface area contributed by atoms with Crippen LogP contribution in [0.5, 0.6) is 0 Å². The third kappa shape index (κ3) is 5.29. The number of likely N-dealkylation sites (tertiary alicyclic amines) is 1. The fourth-order valence-corrected chi connectivity index (χ4v) is 3.73. The molecule has 1 heterocycles. The Morgan fingerprint density at radius 1 is 1.08 bits per heavy atom. The Bertz CT molecular complexity index is 610. The van der Waals surface area contributed by atoms with E-state index in [9.17, 15) is 9.59 Å². The van der Waals surface area contributed by atoms with Gasteiger partial charge in [0.05, 0.1) is 13.1 Å². The Labute approximate surface area is 155 Å². The molecule has 0 bridgehead atoms. The minimum atomic E-state index is -0.786. The Morgan fingerprint density at radius 2 is 1.73 bits per heavy atom. The van der Waals surface area contributed by atoms with Gasteiger partial charge in [-0.1, -0.05) is 30.3 Å². The van der Waals surface area contributed by atoms with Crippen molar-refractivity contribution < 1.29 is 14.7 Å². The van der Waals surface area contributed by atoms with Crippen LogP contribution in [0.3, 0.4) is 0 Å². The van der Waals surface area contributed by atoms with Crippen LogP contribution in [0.25, 0.3) is 0 Å². The Balaban J connectivity index is 1.49. The van der Waals surface area contributed by atoms with Gasteiger partial charge in [0.25, 0.3) is 0 Å². The van der Waals surface area contributed by atoms with E-state index in [4.69, 9.17) is 5.11 Å². The summed E-state index contributed by atoms with van der Waals surface area (Å²) in [7, 11) is 1.87. The van der Waals surface area contributed by atoms with Crippen molar-refractivity contribution in [2.75, 3.05) is 33.2 Å². The summed E-state index contributed by atoms with van der Waals surface area (Å²) in [5, 5.41) is 8.92. The monoisotopic (exact) mass is 359 g/mol. The molecular weight excluding hydrogens is 330 g/mol. The smallest absolute Gasteiger partial charge is 0.317 e. The molecule has 1 aliphatic carbocycles. The summed E-state index contributed by atoms with van der Waals surface area (Å²) in [4.78, 5) is 29.9. The zero-order chi connectivity index (χ0) is 18.5. The fourth-order valence-electron chi connectivity index (χ4n) is 3.73. The number of aliphatic carboxylic acids is 1. The number of benzene rings is 1. The molecule has 1 aromatic carbocycles. The van der Waals surface area contributed by atoms with Crippen molar-refractivity contribution in [3.05, 3.63) is 35.9 Å². The lowest BCUT2D eigenvalue weighted by molar-refractivity contribution is -0.138. The van der Waals surface area contributed by atoms with Crippen LogP contribution in [0.4, 0.5) is 0 Å². The second-order valence-corrected chi connectivity index (χ2v) is 7.55. The van der Waals surface area contributed by atoms with Crippen molar-refractivity contribution in [2.45, 2.75) is 44.3 Å². The van der Waals surface area contributed by atoms with E-state index in [1.54, 1.807) is 0 Å². The highest BCUT2D eigenvalue weighted by Crippen LogP contribution is 2.29. The van der Waals surface area contributed by atoms with E-state index in [1.165, 1.54) is 5.56 Å². The first kappa shape index (κ1) is 18.9. The van der Waals surface area contributed by atoms with Gasteiger partial charge < -0.3 is 10.0 Å². The fraction of sp³-hybridized carbons (Fsp3) is 0.600. The normalized spacial score (nSPS) is 18.8. The summed E-state index contributed by atoms with van der Waals surface area (Å²) in [5.74, 6) is -0.570. The molecule has 2 fully saturated rings. The lowest BCUT2D eigenvalue weighted by Gasteiger charge is -2.36. The number of carbonyl (C=O) groups excluding carboxylic acids is 1. The van der Waals surface area contributed by atoms with E-state index in [1.807, 2.05) is 35.0 Å². The molecule has 1 aromatic rings. The summed E-state index contributed by atoms with van der Waals surface area (Å²) in [6, 6.07) is 10.9. The van der Waals surface area contributed by atoms with Crippen molar-refractivity contribution >= 4 is 11.9 Å². The highest BCUT2D eigenvalue weighted by molar-refractivity contribution is 5.79. The molecule has 0 radical (unpaired) electrons. The second-order valence-electron chi connectivity index (χ2n) is 7.55. The predicted octanol–water partition coefficient (Wildman–Crippen LogP) is 1.66. The summed E-state index contributed by atoms with van der Waals surface area (Å²) in [5.41, 5.74) is 1.18. The van der Waals surface area contributed by atoms with Crippen molar-refractivity contribution in [3.63, 3.8) is 0 Å². The van der Waals surface area contributed by atoms with Gasteiger partial charge in [0.1, 0.15) is 0 Å². The van der Waals surface area contributed by atoms with Crippen LogP contribution < -0.4 is 0 Å². The predicted molar refractivity (Wildman–Crippen MR) is 99.7 cm³/mol. The van der Waals surface area contributed by atoms with E-state index >= 15 is 0 Å². The van der Waals surface area contributed by atoms with Crippen LogP contribution in [0.1, 0.15) is 31.2 Å². The quantitative estimate of drug-likeness (QED) is 0.765. The van der Waals surface area contributed by atoms with Crippen LogP contribution in [0.15, 0.2) is 30.3 Å². The minimum Gasteiger partial charge on any atom is -0.480 e. The van der Waals surface area contributed by atoms with Gasteiger partial charge in [-0.25, -0.2) is 0 Å². The first-order chi connectivity index (χ1) is 12.5. The molecule has 26 heavy (non-hydrogen) atoms. The van der Waals surface area contributed by atoms with Gasteiger partial charge in [-0.15, -0.1) is 0 Å². The van der Waals surface area contributed by atoms with Crippen molar-refractivity contribution in [3.8, 4) is 0 Å². The number of carboxylic acid groups (broad SMARTS) is 1. The molecular formula is C20H29N3O3. The summed E-state index contributed by atoms with van der Waals surface area (Å²) < 4.78 is 0. The molecule has 6 heteroatoms. The Morgan fingerprint density at radius 3 is 2.31 bits per heavy atom. The largest absolute Gasteiger partial charge is 0.480 e. The second kappa shape index (κ2) is 8.64. The first-order valence-electron chi connectivity index (χ1n) is 9.50. The van der Waals surface area contributed by atoms with E-state index in [0.29, 0.717) is 25.2 Å². The number of piperidine rings is 1. The molecule has 3 rings (SSSR count). The molecule has 6 nitrogen and oxygen atoms in total. The maximum atomic E-state index is 12.9. The zero-order valence-electron chi connectivity index (χ0n) is 15.5. The Hall–Kier alpha value is -1.92. The maximum absolute atomic E-state index is 12.9. The molecule has 1 saturated carbocycles. The molecule has 0 aromatic heterocycles. The number of nitrogens with zero attached hydrogens (tertiary/aromatic N) is 3. The third-order valence-corrected chi connectivity index (χ3v) is 5.43. The SMILES string of the molecule is CN(CC(=O)O)C1CCN(CC(=O)N(Cc2ccccc2)C2CC2)CC1. The van der Waals surface area contributed by atoms with Gasteiger partial charge in [-0.05, 0) is 38.3 Å². The highest BCUT2D eigenvalue weighted by Gasteiger charge is 2.33. The van der Waals surface area contributed by atoms with Crippen LogP contribution in [0, 0.1) is 0 Å². The van der Waals surface area contributed by atoms with E-state index in [-0.39, 0.29) is 12.5 Å². The number of likely N-dealkylation sites (N-methyl/N-ethyl adjacent to an activating group) is 1. The number of amides is 1. The van der Waals surface area contributed by atoms with Crippen LogP contribution >= 0.6 is 0 Å². The molecule has 1 amide bonds. The van der Waals surface area contributed by atoms with Crippen molar-refractivity contribution in [1.82, 2.24) is 14.7 Å². The van der Waals surface area contributed by atoms with E-state index in [0.717, 1.165) is 38.8 Å². The van der Waals surface area contributed by atoms with Gasteiger partial charge >= 0.3 is 5.97 Å².